The Balaban J connectivity index is 1.96. The van der Waals surface area contributed by atoms with Gasteiger partial charge in [0.25, 0.3) is 0 Å². The van der Waals surface area contributed by atoms with Gasteiger partial charge < -0.3 is 5.32 Å². The number of thiazole rings is 1. The Morgan fingerprint density at radius 1 is 1.16 bits per heavy atom. The molecule has 1 aromatic carbocycles. The quantitative estimate of drug-likeness (QED) is 0.885. The summed E-state index contributed by atoms with van der Waals surface area (Å²) in [7, 11) is 0. The van der Waals surface area contributed by atoms with Gasteiger partial charge in [0.2, 0.25) is 0 Å². The van der Waals surface area contributed by atoms with Gasteiger partial charge in [-0.1, -0.05) is 31.2 Å². The van der Waals surface area contributed by atoms with Crippen molar-refractivity contribution in [2.75, 3.05) is 0 Å². The van der Waals surface area contributed by atoms with Crippen molar-refractivity contribution in [2.24, 2.45) is 0 Å². The fourth-order valence-corrected chi connectivity index (χ4v) is 3.16. The average molecular weight is 274 g/mol. The van der Waals surface area contributed by atoms with Crippen LogP contribution >= 0.6 is 11.3 Å². The molecule has 0 aliphatic heterocycles. The minimum atomic E-state index is 0.358. The van der Waals surface area contributed by atoms with Crippen molar-refractivity contribution in [2.45, 2.75) is 46.7 Å². The summed E-state index contributed by atoms with van der Waals surface area (Å²) >= 11 is 1.79. The number of hydrogen-bond acceptors (Lipinski definition) is 3. The van der Waals surface area contributed by atoms with E-state index in [1.165, 1.54) is 16.0 Å². The number of aryl methyl sites for hydroxylation is 3. The Hall–Kier alpha value is -1.19. The minimum absolute atomic E-state index is 0.358. The van der Waals surface area contributed by atoms with Gasteiger partial charge in [0, 0.05) is 17.5 Å². The third-order valence-electron chi connectivity index (χ3n) is 3.38. The highest BCUT2D eigenvalue weighted by Crippen LogP contribution is 2.24. The Morgan fingerprint density at radius 2 is 1.79 bits per heavy atom. The zero-order chi connectivity index (χ0) is 13.8. The van der Waals surface area contributed by atoms with Crippen molar-refractivity contribution >= 4 is 11.3 Å². The first-order valence-electron chi connectivity index (χ1n) is 6.85. The number of benzene rings is 1. The summed E-state index contributed by atoms with van der Waals surface area (Å²) in [6.45, 7) is 9.45. The van der Waals surface area contributed by atoms with E-state index in [-0.39, 0.29) is 0 Å². The van der Waals surface area contributed by atoms with E-state index in [4.69, 9.17) is 0 Å². The van der Waals surface area contributed by atoms with Gasteiger partial charge >= 0.3 is 0 Å². The fourth-order valence-electron chi connectivity index (χ4n) is 2.21. The highest BCUT2D eigenvalue weighted by Gasteiger charge is 2.12. The summed E-state index contributed by atoms with van der Waals surface area (Å²) in [4.78, 5) is 5.84. The largest absolute Gasteiger partial charge is 0.305 e. The van der Waals surface area contributed by atoms with E-state index in [2.05, 4.69) is 62.3 Å². The third-order valence-corrected chi connectivity index (χ3v) is 4.63. The van der Waals surface area contributed by atoms with Crippen LogP contribution in [0.1, 0.15) is 46.6 Å². The van der Waals surface area contributed by atoms with Gasteiger partial charge in [0.05, 0.1) is 10.7 Å². The van der Waals surface area contributed by atoms with Crippen LogP contribution in [0.5, 0.6) is 0 Å². The molecule has 1 aromatic heterocycles. The Morgan fingerprint density at radius 3 is 2.32 bits per heavy atom. The molecule has 1 heterocycles. The number of aromatic nitrogens is 1. The number of nitrogens with zero attached hydrogens (tertiary/aromatic N) is 1. The SMILES string of the molecule is CCc1ccc(CNC(C)c2sc(C)nc2C)cc1. The first kappa shape index (κ1) is 14.2. The Bertz CT molecular complexity index is 528. The summed E-state index contributed by atoms with van der Waals surface area (Å²) in [5.74, 6) is 0. The summed E-state index contributed by atoms with van der Waals surface area (Å²) < 4.78 is 0. The second-order valence-corrected chi connectivity index (χ2v) is 6.19. The molecule has 0 aliphatic carbocycles. The molecule has 0 fully saturated rings. The van der Waals surface area contributed by atoms with Crippen molar-refractivity contribution < 1.29 is 0 Å². The lowest BCUT2D eigenvalue weighted by atomic mass is 10.1. The molecule has 102 valence electrons. The molecule has 0 amide bonds. The molecule has 2 nitrogen and oxygen atoms in total. The van der Waals surface area contributed by atoms with Crippen LogP contribution in [0.25, 0.3) is 0 Å². The molecule has 0 bridgehead atoms. The van der Waals surface area contributed by atoms with Crippen molar-refractivity contribution in [1.29, 1.82) is 0 Å². The maximum absolute atomic E-state index is 4.49. The molecule has 0 radical (unpaired) electrons. The lowest BCUT2D eigenvalue weighted by molar-refractivity contribution is 0.579. The molecule has 1 unspecified atom stereocenters. The van der Waals surface area contributed by atoms with Gasteiger partial charge in [0.1, 0.15) is 0 Å². The van der Waals surface area contributed by atoms with E-state index in [1.54, 1.807) is 11.3 Å². The van der Waals surface area contributed by atoms with Crippen molar-refractivity contribution in [3.63, 3.8) is 0 Å². The van der Waals surface area contributed by atoms with Crippen LogP contribution in [0, 0.1) is 13.8 Å². The molecule has 1 atom stereocenters. The van der Waals surface area contributed by atoms with Crippen LogP contribution in [0.2, 0.25) is 0 Å². The van der Waals surface area contributed by atoms with E-state index in [9.17, 15) is 0 Å². The summed E-state index contributed by atoms with van der Waals surface area (Å²) in [6.07, 6.45) is 1.10. The van der Waals surface area contributed by atoms with E-state index in [1.807, 2.05) is 0 Å². The fraction of sp³-hybridized carbons (Fsp3) is 0.438. The molecule has 1 N–H and O–H groups in total. The first-order valence-corrected chi connectivity index (χ1v) is 7.67. The van der Waals surface area contributed by atoms with E-state index in [0.29, 0.717) is 6.04 Å². The summed E-state index contributed by atoms with van der Waals surface area (Å²) in [5.41, 5.74) is 3.89. The second-order valence-electron chi connectivity index (χ2n) is 4.96. The molecule has 19 heavy (non-hydrogen) atoms. The van der Waals surface area contributed by atoms with Gasteiger partial charge in [-0.3, -0.25) is 0 Å². The van der Waals surface area contributed by atoms with E-state index < -0.39 is 0 Å². The van der Waals surface area contributed by atoms with Gasteiger partial charge in [-0.25, -0.2) is 4.98 Å². The van der Waals surface area contributed by atoms with Crippen LogP contribution in [-0.4, -0.2) is 4.98 Å². The molecular weight excluding hydrogens is 252 g/mol. The topological polar surface area (TPSA) is 24.9 Å². The van der Waals surface area contributed by atoms with Gasteiger partial charge in [0.15, 0.2) is 0 Å². The molecular formula is C16H22N2S. The molecule has 0 spiro atoms. The van der Waals surface area contributed by atoms with Crippen LogP contribution < -0.4 is 5.32 Å². The van der Waals surface area contributed by atoms with Crippen LogP contribution in [0.4, 0.5) is 0 Å². The van der Waals surface area contributed by atoms with Gasteiger partial charge in [-0.2, -0.15) is 0 Å². The predicted molar refractivity (Wildman–Crippen MR) is 82.7 cm³/mol. The summed E-state index contributed by atoms with van der Waals surface area (Å²) in [6, 6.07) is 9.21. The number of hydrogen-bond donors (Lipinski definition) is 1. The van der Waals surface area contributed by atoms with Gasteiger partial charge in [-0.05, 0) is 38.3 Å². The zero-order valence-electron chi connectivity index (χ0n) is 12.2. The number of rotatable bonds is 5. The van der Waals surface area contributed by atoms with Crippen LogP contribution in [-0.2, 0) is 13.0 Å². The van der Waals surface area contributed by atoms with Crippen molar-refractivity contribution in [1.82, 2.24) is 10.3 Å². The maximum Gasteiger partial charge on any atom is 0.0900 e. The van der Waals surface area contributed by atoms with E-state index in [0.717, 1.165) is 23.7 Å². The molecule has 3 heteroatoms. The maximum atomic E-state index is 4.49. The third kappa shape index (κ3) is 3.64. The molecule has 0 saturated carbocycles. The number of nitrogens with one attached hydrogen (secondary N) is 1. The van der Waals surface area contributed by atoms with Crippen LogP contribution in [0.3, 0.4) is 0 Å². The van der Waals surface area contributed by atoms with Crippen molar-refractivity contribution in [3.8, 4) is 0 Å². The Kier molecular flexibility index (Phi) is 4.72. The van der Waals surface area contributed by atoms with E-state index >= 15 is 0 Å². The predicted octanol–water partition coefficient (Wildman–Crippen LogP) is 4.17. The molecule has 0 aliphatic rings. The smallest absolute Gasteiger partial charge is 0.0900 e. The molecule has 2 aromatic rings. The lowest BCUT2D eigenvalue weighted by Gasteiger charge is -2.13. The zero-order valence-corrected chi connectivity index (χ0v) is 13.0. The molecule has 2 rings (SSSR count). The van der Waals surface area contributed by atoms with Gasteiger partial charge in [-0.15, -0.1) is 11.3 Å². The standard InChI is InChI=1S/C16H22N2S/c1-5-14-6-8-15(9-7-14)10-17-11(2)16-12(3)18-13(4)19-16/h6-9,11,17H,5,10H2,1-4H3. The summed E-state index contributed by atoms with van der Waals surface area (Å²) in [5, 5.41) is 4.72. The molecule has 0 saturated heterocycles. The average Bonchev–Trinajstić information content (AvgIpc) is 2.75. The Labute approximate surface area is 119 Å². The highest BCUT2D eigenvalue weighted by molar-refractivity contribution is 7.11. The van der Waals surface area contributed by atoms with Crippen LogP contribution in [0.15, 0.2) is 24.3 Å². The monoisotopic (exact) mass is 274 g/mol. The normalized spacial score (nSPS) is 12.6. The minimum Gasteiger partial charge on any atom is -0.305 e. The first-order chi connectivity index (χ1) is 9.10. The highest BCUT2D eigenvalue weighted by atomic mass is 32.1. The lowest BCUT2D eigenvalue weighted by Crippen LogP contribution is -2.17. The second kappa shape index (κ2) is 6.31. The van der Waals surface area contributed by atoms with Crippen molar-refractivity contribution in [3.05, 3.63) is 51.0 Å².